The van der Waals surface area contributed by atoms with Crippen LogP contribution in [0.4, 0.5) is 0 Å². The monoisotopic (exact) mass is 482 g/mol. The van der Waals surface area contributed by atoms with Crippen molar-refractivity contribution in [1.29, 1.82) is 0 Å². The molecule has 0 atom stereocenters. The Hall–Kier alpha value is -3.11. The molecule has 1 aromatic carbocycles. The highest BCUT2D eigenvalue weighted by molar-refractivity contribution is 9.10. The fourth-order valence-corrected chi connectivity index (χ4v) is 4.75. The molecule has 10 heteroatoms. The second-order valence-corrected chi connectivity index (χ2v) is 8.65. The van der Waals surface area contributed by atoms with Gasteiger partial charge in [0.25, 0.3) is 0 Å². The van der Waals surface area contributed by atoms with E-state index < -0.39 is 0 Å². The molecule has 30 heavy (non-hydrogen) atoms. The van der Waals surface area contributed by atoms with Crippen LogP contribution in [-0.4, -0.2) is 42.4 Å². The van der Waals surface area contributed by atoms with Crippen molar-refractivity contribution >= 4 is 49.1 Å². The number of methoxy groups -OCH3 is 1. The third-order valence-corrected chi connectivity index (χ3v) is 6.36. The number of hydrogen-bond donors (Lipinski definition) is 0. The molecule has 0 N–H and O–H groups in total. The van der Waals surface area contributed by atoms with E-state index >= 15 is 0 Å². The van der Waals surface area contributed by atoms with Crippen LogP contribution in [0.2, 0.25) is 0 Å². The number of rotatable bonds is 4. The maximum absolute atomic E-state index is 12.1. The van der Waals surface area contributed by atoms with Gasteiger partial charge in [0.1, 0.15) is 16.0 Å². The van der Waals surface area contributed by atoms with Gasteiger partial charge in [-0.3, -0.25) is 4.68 Å². The molecule has 8 nitrogen and oxygen atoms in total. The molecule has 150 valence electrons. The Morgan fingerprint density at radius 1 is 1.33 bits per heavy atom. The summed E-state index contributed by atoms with van der Waals surface area (Å²) < 4.78 is 9.33. The average molecular weight is 483 g/mol. The Kier molecular flexibility index (Phi) is 4.59. The van der Waals surface area contributed by atoms with Crippen LogP contribution < -0.4 is 0 Å². The average Bonchev–Trinajstić information content (AvgIpc) is 3.44. The molecule has 0 amide bonds. The number of ether oxygens (including phenoxy) is 1. The number of benzene rings is 1. The topological polar surface area (TPSA) is 87.2 Å². The van der Waals surface area contributed by atoms with Gasteiger partial charge in [-0.2, -0.15) is 5.10 Å². The fourth-order valence-electron chi connectivity index (χ4n) is 3.36. The van der Waals surface area contributed by atoms with E-state index in [0.29, 0.717) is 22.9 Å². The molecule has 0 saturated heterocycles. The molecule has 0 aliphatic carbocycles. The van der Waals surface area contributed by atoms with Crippen LogP contribution in [0.25, 0.3) is 27.3 Å². The summed E-state index contributed by atoms with van der Waals surface area (Å²) in [5, 5.41) is 9.73. The number of carbonyl (C=O) groups excluding carboxylic acids is 1. The number of carbonyl (C=O) groups is 1. The lowest BCUT2D eigenvalue weighted by Gasteiger charge is -2.03. The van der Waals surface area contributed by atoms with Gasteiger partial charge in [-0.05, 0) is 40.0 Å². The summed E-state index contributed by atoms with van der Waals surface area (Å²) in [7, 11) is 1.37. The van der Waals surface area contributed by atoms with Crippen molar-refractivity contribution in [3.8, 4) is 11.4 Å². The number of esters is 1. The summed E-state index contributed by atoms with van der Waals surface area (Å²) in [5.74, 6) is 0.226. The van der Waals surface area contributed by atoms with Crippen LogP contribution in [0.3, 0.4) is 0 Å². The van der Waals surface area contributed by atoms with E-state index in [1.807, 2.05) is 36.0 Å². The number of fused-ring (bicyclic) bond motifs is 3. The van der Waals surface area contributed by atoms with Crippen molar-refractivity contribution in [3.05, 3.63) is 63.5 Å². The van der Waals surface area contributed by atoms with Crippen molar-refractivity contribution in [3.63, 3.8) is 0 Å². The van der Waals surface area contributed by atoms with Gasteiger partial charge in [-0.25, -0.2) is 19.3 Å². The van der Waals surface area contributed by atoms with E-state index in [1.54, 1.807) is 17.0 Å². The summed E-state index contributed by atoms with van der Waals surface area (Å²) in [6, 6.07) is 8.05. The molecule has 0 unspecified atom stereocenters. The van der Waals surface area contributed by atoms with E-state index in [9.17, 15) is 4.79 Å². The first kappa shape index (κ1) is 18.9. The molecule has 0 bridgehead atoms. The van der Waals surface area contributed by atoms with Crippen LogP contribution >= 0.6 is 27.3 Å². The van der Waals surface area contributed by atoms with E-state index in [2.05, 4.69) is 37.2 Å². The van der Waals surface area contributed by atoms with Gasteiger partial charge in [0.2, 0.25) is 0 Å². The maximum Gasteiger partial charge on any atom is 0.348 e. The summed E-state index contributed by atoms with van der Waals surface area (Å²) in [4.78, 5) is 22.5. The number of aromatic nitrogens is 6. The molecule has 4 heterocycles. The molecule has 0 spiro atoms. The lowest BCUT2D eigenvalue weighted by molar-refractivity contribution is 0.0605. The number of halogens is 1. The van der Waals surface area contributed by atoms with Gasteiger partial charge in [0.05, 0.1) is 29.7 Å². The van der Waals surface area contributed by atoms with Crippen LogP contribution in [0.5, 0.6) is 0 Å². The van der Waals surface area contributed by atoms with E-state index in [4.69, 9.17) is 9.72 Å². The van der Waals surface area contributed by atoms with Crippen LogP contribution in [0, 0.1) is 6.92 Å². The minimum absolute atomic E-state index is 0.369. The normalized spacial score (nSPS) is 11.4. The summed E-state index contributed by atoms with van der Waals surface area (Å²) in [6.07, 6.45) is 5.31. The molecular formula is C20H15BrN6O2S. The van der Waals surface area contributed by atoms with E-state index in [1.165, 1.54) is 18.4 Å². The summed E-state index contributed by atoms with van der Waals surface area (Å²) in [5.41, 5.74) is 3.46. The number of thiophene rings is 1. The summed E-state index contributed by atoms with van der Waals surface area (Å²) in [6.45, 7) is 2.52. The van der Waals surface area contributed by atoms with Crippen LogP contribution in [-0.2, 0) is 11.3 Å². The smallest absolute Gasteiger partial charge is 0.348 e. The molecule has 0 aliphatic rings. The van der Waals surface area contributed by atoms with Gasteiger partial charge in [0.15, 0.2) is 11.5 Å². The minimum atomic E-state index is -0.369. The molecule has 0 fully saturated rings. The first-order valence-electron chi connectivity index (χ1n) is 9.03. The quantitative estimate of drug-likeness (QED) is 0.358. The van der Waals surface area contributed by atoms with Gasteiger partial charge in [-0.15, -0.1) is 16.4 Å². The number of nitrogens with zero attached hydrogens (tertiary/aromatic N) is 6. The molecule has 0 radical (unpaired) electrons. The predicted octanol–water partition coefficient (Wildman–Crippen LogP) is 4.11. The highest BCUT2D eigenvalue weighted by Crippen LogP contribution is 2.32. The Morgan fingerprint density at radius 3 is 2.97 bits per heavy atom. The molecule has 4 aromatic heterocycles. The zero-order chi connectivity index (χ0) is 20.8. The van der Waals surface area contributed by atoms with Crippen LogP contribution in [0.1, 0.15) is 20.8 Å². The van der Waals surface area contributed by atoms with Crippen molar-refractivity contribution in [2.45, 2.75) is 13.5 Å². The highest BCUT2D eigenvalue weighted by atomic mass is 79.9. The maximum atomic E-state index is 12.1. The zero-order valence-corrected chi connectivity index (χ0v) is 18.4. The summed E-state index contributed by atoms with van der Waals surface area (Å²) >= 11 is 4.72. The van der Waals surface area contributed by atoms with Crippen LogP contribution in [0.15, 0.2) is 47.5 Å². The number of aryl methyl sites for hydroxylation is 1. The first-order valence-corrected chi connectivity index (χ1v) is 10.6. The lowest BCUT2D eigenvalue weighted by Crippen LogP contribution is -1.99. The second-order valence-electron chi connectivity index (χ2n) is 6.73. The third-order valence-electron chi connectivity index (χ3n) is 4.77. The Bertz CT molecular complexity index is 1420. The second kappa shape index (κ2) is 7.29. The predicted molar refractivity (Wildman–Crippen MR) is 117 cm³/mol. The van der Waals surface area contributed by atoms with Gasteiger partial charge >= 0.3 is 5.97 Å². The lowest BCUT2D eigenvalue weighted by atomic mass is 10.1. The highest BCUT2D eigenvalue weighted by Gasteiger charge is 2.20. The standard InChI is InChI=1S/C20H15BrN6O2S/c1-11-15-18-24-17(25-27(18)10-22-19(15)30-16(11)20(28)29-2)13-5-3-4-12(6-13)8-26-9-14(21)7-23-26/h3-7,9-10H,8H2,1-2H3. The first-order chi connectivity index (χ1) is 14.5. The minimum Gasteiger partial charge on any atom is -0.465 e. The fraction of sp³-hybridized carbons (Fsp3) is 0.150. The van der Waals surface area contributed by atoms with E-state index in [0.717, 1.165) is 31.4 Å². The Morgan fingerprint density at radius 2 is 2.20 bits per heavy atom. The van der Waals surface area contributed by atoms with Crippen molar-refractivity contribution in [2.24, 2.45) is 0 Å². The van der Waals surface area contributed by atoms with Crippen molar-refractivity contribution in [1.82, 2.24) is 29.4 Å². The SMILES string of the molecule is COC(=O)c1sc2ncn3nc(-c4cccc(Cn5cc(Br)cn5)c4)nc3c2c1C. The van der Waals surface area contributed by atoms with Gasteiger partial charge in [0, 0.05) is 11.8 Å². The van der Waals surface area contributed by atoms with E-state index in [-0.39, 0.29) is 5.97 Å². The molecule has 0 aliphatic heterocycles. The van der Waals surface area contributed by atoms with Crippen molar-refractivity contribution < 1.29 is 9.53 Å². The third kappa shape index (κ3) is 3.17. The Labute approximate surface area is 183 Å². The molecular weight excluding hydrogens is 468 g/mol. The molecule has 0 saturated carbocycles. The Balaban J connectivity index is 1.58. The molecule has 5 aromatic rings. The van der Waals surface area contributed by atoms with Crippen molar-refractivity contribution in [2.75, 3.05) is 7.11 Å². The number of hydrogen-bond acceptors (Lipinski definition) is 7. The molecule has 5 rings (SSSR count). The van der Waals surface area contributed by atoms with Gasteiger partial charge < -0.3 is 4.74 Å². The zero-order valence-electron chi connectivity index (χ0n) is 16.0. The van der Waals surface area contributed by atoms with Gasteiger partial charge in [-0.1, -0.05) is 18.2 Å². The largest absolute Gasteiger partial charge is 0.465 e.